The van der Waals surface area contributed by atoms with Gasteiger partial charge in [-0.2, -0.15) is 0 Å². The molecule has 18 heavy (non-hydrogen) atoms. The molecule has 0 atom stereocenters. The molecule has 2 amide bonds. The average molecular weight is 248 g/mol. The number of carbonyl (C=O) groups excluding carboxylic acids is 1. The van der Waals surface area contributed by atoms with Gasteiger partial charge in [0, 0.05) is 13.1 Å². The van der Waals surface area contributed by atoms with E-state index in [-0.39, 0.29) is 6.03 Å². The number of nitrogens with one attached hydrogen (secondary N) is 2. The smallest absolute Gasteiger partial charge is 0.315 e. The number of benzene rings is 1. The van der Waals surface area contributed by atoms with E-state index < -0.39 is 5.60 Å². The number of aryl methyl sites for hydroxylation is 1. The van der Waals surface area contributed by atoms with Gasteiger partial charge >= 0.3 is 6.03 Å². The molecule has 2 rings (SSSR count). The van der Waals surface area contributed by atoms with Crippen molar-refractivity contribution in [2.75, 3.05) is 6.54 Å². The Labute approximate surface area is 107 Å². The summed E-state index contributed by atoms with van der Waals surface area (Å²) in [4.78, 5) is 11.6. The Morgan fingerprint density at radius 3 is 2.78 bits per heavy atom. The van der Waals surface area contributed by atoms with Crippen molar-refractivity contribution >= 4 is 6.03 Å². The predicted molar refractivity (Wildman–Crippen MR) is 70.2 cm³/mol. The van der Waals surface area contributed by atoms with Crippen LogP contribution >= 0.6 is 0 Å². The molecular formula is C14H20N2O2. The van der Waals surface area contributed by atoms with E-state index in [1.54, 1.807) is 0 Å². The average Bonchev–Trinajstić information content (AvgIpc) is 2.31. The first-order valence-corrected chi connectivity index (χ1v) is 6.37. The van der Waals surface area contributed by atoms with Crippen LogP contribution in [0.25, 0.3) is 0 Å². The molecule has 0 saturated heterocycles. The first kappa shape index (κ1) is 12.9. The summed E-state index contributed by atoms with van der Waals surface area (Å²) in [7, 11) is 0. The van der Waals surface area contributed by atoms with Crippen LogP contribution in [0.2, 0.25) is 0 Å². The summed E-state index contributed by atoms with van der Waals surface area (Å²) in [6, 6.07) is 7.79. The van der Waals surface area contributed by atoms with E-state index in [0.29, 0.717) is 13.1 Å². The largest absolute Gasteiger partial charge is 0.388 e. The standard InChI is InChI=1S/C14H20N2O2/c1-11-4-2-5-12(8-11)9-15-13(17)16-10-14(18)6-3-7-14/h2,4-5,8,18H,3,6-7,9-10H2,1H3,(H2,15,16,17). The minimum Gasteiger partial charge on any atom is -0.388 e. The fraction of sp³-hybridized carbons (Fsp3) is 0.500. The topological polar surface area (TPSA) is 61.4 Å². The van der Waals surface area contributed by atoms with Crippen molar-refractivity contribution in [3.63, 3.8) is 0 Å². The number of aliphatic hydroxyl groups is 1. The molecule has 98 valence electrons. The van der Waals surface area contributed by atoms with E-state index in [1.807, 2.05) is 31.2 Å². The Kier molecular flexibility index (Phi) is 3.87. The van der Waals surface area contributed by atoms with Gasteiger partial charge in [0.2, 0.25) is 0 Å². The lowest BCUT2D eigenvalue weighted by molar-refractivity contribution is -0.0290. The van der Waals surface area contributed by atoms with Gasteiger partial charge in [-0.25, -0.2) is 4.79 Å². The molecule has 0 unspecified atom stereocenters. The molecule has 0 aromatic heterocycles. The van der Waals surface area contributed by atoms with Gasteiger partial charge in [0.1, 0.15) is 0 Å². The Morgan fingerprint density at radius 2 is 2.17 bits per heavy atom. The molecule has 0 heterocycles. The monoisotopic (exact) mass is 248 g/mol. The molecule has 0 spiro atoms. The first-order chi connectivity index (χ1) is 8.57. The summed E-state index contributed by atoms with van der Waals surface area (Å²) in [5.41, 5.74) is 1.59. The lowest BCUT2D eigenvalue weighted by atomic mass is 9.80. The van der Waals surface area contributed by atoms with Crippen LogP contribution in [0.15, 0.2) is 24.3 Å². The van der Waals surface area contributed by atoms with Gasteiger partial charge in [-0.1, -0.05) is 29.8 Å². The summed E-state index contributed by atoms with van der Waals surface area (Å²) in [6.07, 6.45) is 2.61. The fourth-order valence-corrected chi connectivity index (χ4v) is 2.07. The van der Waals surface area contributed by atoms with Crippen molar-refractivity contribution in [2.45, 2.75) is 38.3 Å². The molecule has 1 fully saturated rings. The number of urea groups is 1. The van der Waals surface area contributed by atoms with Crippen LogP contribution in [0.4, 0.5) is 4.79 Å². The summed E-state index contributed by atoms with van der Waals surface area (Å²) in [5.74, 6) is 0. The minimum atomic E-state index is -0.666. The number of hydrogen-bond donors (Lipinski definition) is 3. The van der Waals surface area contributed by atoms with E-state index in [0.717, 1.165) is 24.8 Å². The number of rotatable bonds is 4. The van der Waals surface area contributed by atoms with Crippen LogP contribution < -0.4 is 10.6 Å². The van der Waals surface area contributed by atoms with Crippen LogP contribution in [0.5, 0.6) is 0 Å². The summed E-state index contributed by atoms with van der Waals surface area (Å²) in [5, 5.41) is 15.3. The van der Waals surface area contributed by atoms with Gasteiger partial charge in [0.15, 0.2) is 0 Å². The molecule has 1 aliphatic carbocycles. The molecule has 1 aromatic carbocycles. The lowest BCUT2D eigenvalue weighted by Crippen LogP contribution is -2.49. The summed E-state index contributed by atoms with van der Waals surface area (Å²) < 4.78 is 0. The highest BCUT2D eigenvalue weighted by Crippen LogP contribution is 2.30. The zero-order chi connectivity index (χ0) is 13.0. The van der Waals surface area contributed by atoms with Crippen molar-refractivity contribution in [1.29, 1.82) is 0 Å². The SMILES string of the molecule is Cc1cccc(CNC(=O)NCC2(O)CCC2)c1. The number of hydrogen-bond acceptors (Lipinski definition) is 2. The second kappa shape index (κ2) is 5.40. The molecule has 1 aromatic rings. The minimum absolute atomic E-state index is 0.225. The zero-order valence-electron chi connectivity index (χ0n) is 10.7. The molecule has 0 aliphatic heterocycles. The molecule has 1 saturated carbocycles. The van der Waals surface area contributed by atoms with Crippen molar-refractivity contribution in [1.82, 2.24) is 10.6 Å². The molecule has 4 heteroatoms. The predicted octanol–water partition coefficient (Wildman–Crippen LogP) is 1.71. The third-order valence-corrected chi connectivity index (χ3v) is 3.40. The van der Waals surface area contributed by atoms with Crippen molar-refractivity contribution in [3.8, 4) is 0 Å². The van der Waals surface area contributed by atoms with Gasteiger partial charge in [-0.3, -0.25) is 0 Å². The Hall–Kier alpha value is -1.55. The van der Waals surface area contributed by atoms with Gasteiger partial charge < -0.3 is 15.7 Å². The number of carbonyl (C=O) groups is 1. The van der Waals surface area contributed by atoms with Crippen molar-refractivity contribution in [3.05, 3.63) is 35.4 Å². The molecule has 1 aliphatic rings. The summed E-state index contributed by atoms with van der Waals surface area (Å²) in [6.45, 7) is 2.87. The Balaban J connectivity index is 1.71. The Bertz CT molecular complexity index is 428. The highest BCUT2D eigenvalue weighted by atomic mass is 16.3. The maximum Gasteiger partial charge on any atom is 0.315 e. The lowest BCUT2D eigenvalue weighted by Gasteiger charge is -2.36. The van der Waals surface area contributed by atoms with Crippen molar-refractivity contribution < 1.29 is 9.90 Å². The Morgan fingerprint density at radius 1 is 1.39 bits per heavy atom. The second-order valence-electron chi connectivity index (χ2n) is 5.10. The van der Waals surface area contributed by atoms with E-state index in [1.165, 1.54) is 5.56 Å². The third kappa shape index (κ3) is 3.47. The first-order valence-electron chi connectivity index (χ1n) is 6.37. The van der Waals surface area contributed by atoms with E-state index >= 15 is 0 Å². The quantitative estimate of drug-likeness (QED) is 0.759. The fourth-order valence-electron chi connectivity index (χ4n) is 2.07. The third-order valence-electron chi connectivity index (χ3n) is 3.40. The van der Waals surface area contributed by atoms with Crippen LogP contribution in [0.3, 0.4) is 0 Å². The van der Waals surface area contributed by atoms with Crippen LogP contribution in [0.1, 0.15) is 30.4 Å². The number of amides is 2. The van der Waals surface area contributed by atoms with E-state index in [9.17, 15) is 9.90 Å². The van der Waals surface area contributed by atoms with E-state index in [4.69, 9.17) is 0 Å². The van der Waals surface area contributed by atoms with Crippen LogP contribution in [-0.2, 0) is 6.54 Å². The van der Waals surface area contributed by atoms with E-state index in [2.05, 4.69) is 10.6 Å². The van der Waals surface area contributed by atoms with Gasteiger partial charge in [0.25, 0.3) is 0 Å². The highest BCUT2D eigenvalue weighted by molar-refractivity contribution is 5.73. The van der Waals surface area contributed by atoms with Crippen LogP contribution in [-0.4, -0.2) is 23.3 Å². The normalized spacial score (nSPS) is 16.8. The molecule has 0 radical (unpaired) electrons. The second-order valence-corrected chi connectivity index (χ2v) is 5.10. The maximum absolute atomic E-state index is 11.6. The molecular weight excluding hydrogens is 228 g/mol. The zero-order valence-corrected chi connectivity index (χ0v) is 10.7. The summed E-state index contributed by atoms with van der Waals surface area (Å²) >= 11 is 0. The molecule has 4 nitrogen and oxygen atoms in total. The maximum atomic E-state index is 11.6. The van der Waals surface area contributed by atoms with Crippen LogP contribution in [0, 0.1) is 6.92 Å². The molecule has 3 N–H and O–H groups in total. The highest BCUT2D eigenvalue weighted by Gasteiger charge is 2.34. The van der Waals surface area contributed by atoms with Gasteiger partial charge in [-0.05, 0) is 31.7 Å². The van der Waals surface area contributed by atoms with Gasteiger partial charge in [-0.15, -0.1) is 0 Å². The van der Waals surface area contributed by atoms with Gasteiger partial charge in [0.05, 0.1) is 5.60 Å². The van der Waals surface area contributed by atoms with Crippen molar-refractivity contribution in [2.24, 2.45) is 0 Å². The molecule has 0 bridgehead atoms.